The first kappa shape index (κ1) is 23.7. The Labute approximate surface area is 183 Å². The van der Waals surface area contributed by atoms with Crippen LogP contribution in [-0.4, -0.2) is 60.9 Å². The molecule has 0 unspecified atom stereocenters. The average Bonchev–Trinajstić information content (AvgIpc) is 2.74. The number of anilines is 2. The molecule has 1 saturated heterocycles. The predicted octanol–water partition coefficient (Wildman–Crippen LogP) is 3.43. The first-order valence-electron chi connectivity index (χ1n) is 10.2. The molecule has 32 heavy (non-hydrogen) atoms. The molecule has 1 aliphatic heterocycles. The zero-order chi connectivity index (χ0) is 23.1. The van der Waals surface area contributed by atoms with E-state index in [1.807, 2.05) is 9.80 Å². The van der Waals surface area contributed by atoms with Crippen molar-refractivity contribution in [3.63, 3.8) is 0 Å². The molecular formula is C22H24F4N4O2. The second-order valence-corrected chi connectivity index (χ2v) is 7.49. The monoisotopic (exact) mass is 452 g/mol. The molecule has 0 spiro atoms. The molecule has 0 radical (unpaired) electrons. The van der Waals surface area contributed by atoms with Crippen molar-refractivity contribution in [2.45, 2.75) is 12.6 Å². The first-order valence-corrected chi connectivity index (χ1v) is 10.2. The molecule has 0 aromatic heterocycles. The van der Waals surface area contributed by atoms with Gasteiger partial charge in [-0.25, -0.2) is 4.39 Å². The van der Waals surface area contributed by atoms with E-state index in [2.05, 4.69) is 10.6 Å². The fourth-order valence-electron chi connectivity index (χ4n) is 3.44. The number of alkyl halides is 3. The van der Waals surface area contributed by atoms with Crippen molar-refractivity contribution in [3.05, 3.63) is 59.9 Å². The van der Waals surface area contributed by atoms with Gasteiger partial charge in [0.25, 0.3) is 0 Å². The van der Waals surface area contributed by atoms with Crippen LogP contribution in [0.5, 0.6) is 0 Å². The van der Waals surface area contributed by atoms with Crippen LogP contribution >= 0.6 is 0 Å². The number of nitrogens with zero attached hydrogens (tertiary/aromatic N) is 2. The predicted molar refractivity (Wildman–Crippen MR) is 113 cm³/mol. The number of hydrogen-bond acceptors (Lipinski definition) is 4. The normalized spacial score (nSPS) is 15.4. The zero-order valence-corrected chi connectivity index (χ0v) is 17.3. The minimum atomic E-state index is -4.55. The van der Waals surface area contributed by atoms with Gasteiger partial charge in [-0.2, -0.15) is 13.2 Å². The van der Waals surface area contributed by atoms with Gasteiger partial charge in [-0.15, -0.1) is 0 Å². The Balaban J connectivity index is 1.40. The van der Waals surface area contributed by atoms with Crippen molar-refractivity contribution >= 4 is 23.2 Å². The Hall–Kier alpha value is -2.98. The van der Waals surface area contributed by atoms with Crippen LogP contribution in [0, 0.1) is 5.82 Å². The number of carbonyl (C=O) groups excluding carboxylic acids is 2. The van der Waals surface area contributed by atoms with Crippen molar-refractivity contribution in [2.75, 3.05) is 49.9 Å². The molecule has 0 bridgehead atoms. The minimum Gasteiger partial charge on any atom is -0.324 e. The van der Waals surface area contributed by atoms with E-state index >= 15 is 0 Å². The number of halogens is 4. The number of hydrogen-bond donors (Lipinski definition) is 2. The fraction of sp³-hybridized carbons (Fsp3) is 0.364. The number of benzene rings is 2. The summed E-state index contributed by atoms with van der Waals surface area (Å²) in [6.45, 7) is 2.78. The maximum Gasteiger partial charge on any atom is 0.418 e. The lowest BCUT2D eigenvalue weighted by molar-refractivity contribution is -0.137. The number of nitrogens with one attached hydrogen (secondary N) is 2. The molecule has 2 aromatic carbocycles. The molecule has 172 valence electrons. The summed E-state index contributed by atoms with van der Waals surface area (Å²) in [6.07, 6.45) is -4.35. The maximum atomic E-state index is 13.6. The molecular weight excluding hydrogens is 428 g/mol. The van der Waals surface area contributed by atoms with Gasteiger partial charge in [-0.3, -0.25) is 14.5 Å². The van der Waals surface area contributed by atoms with Crippen molar-refractivity contribution in [3.8, 4) is 0 Å². The number of rotatable bonds is 7. The highest BCUT2D eigenvalue weighted by atomic mass is 19.4. The first-order chi connectivity index (χ1) is 15.2. The Bertz CT molecular complexity index is 944. The second-order valence-electron chi connectivity index (χ2n) is 7.49. The molecule has 2 amide bonds. The zero-order valence-electron chi connectivity index (χ0n) is 17.3. The van der Waals surface area contributed by atoms with Gasteiger partial charge < -0.3 is 15.5 Å². The summed E-state index contributed by atoms with van der Waals surface area (Å²) < 4.78 is 52.8. The highest BCUT2D eigenvalue weighted by Crippen LogP contribution is 2.34. The minimum absolute atomic E-state index is 0.0200. The topological polar surface area (TPSA) is 64.7 Å². The molecule has 1 heterocycles. The highest BCUT2D eigenvalue weighted by molar-refractivity contribution is 5.93. The van der Waals surface area contributed by atoms with E-state index in [-0.39, 0.29) is 30.2 Å². The van der Waals surface area contributed by atoms with Crippen LogP contribution in [0.15, 0.2) is 48.5 Å². The van der Waals surface area contributed by atoms with Crippen LogP contribution in [0.1, 0.15) is 12.0 Å². The summed E-state index contributed by atoms with van der Waals surface area (Å²) in [5.74, 6) is -1.30. The molecule has 1 aliphatic rings. The number of para-hydroxylation sites is 2. The third-order valence-electron chi connectivity index (χ3n) is 5.14. The lowest BCUT2D eigenvalue weighted by Gasteiger charge is -2.34. The van der Waals surface area contributed by atoms with Crippen molar-refractivity contribution in [1.29, 1.82) is 0 Å². The Morgan fingerprint density at radius 1 is 0.812 bits per heavy atom. The Morgan fingerprint density at radius 2 is 1.38 bits per heavy atom. The second kappa shape index (κ2) is 10.6. The van der Waals surface area contributed by atoms with Crippen LogP contribution < -0.4 is 10.6 Å². The summed E-state index contributed by atoms with van der Waals surface area (Å²) in [6, 6.07) is 10.8. The van der Waals surface area contributed by atoms with Crippen LogP contribution in [0.2, 0.25) is 0 Å². The van der Waals surface area contributed by atoms with E-state index in [9.17, 15) is 27.2 Å². The van der Waals surface area contributed by atoms with Gasteiger partial charge in [-0.05, 0) is 24.3 Å². The quantitative estimate of drug-likeness (QED) is 0.632. The van der Waals surface area contributed by atoms with Gasteiger partial charge in [-0.1, -0.05) is 24.3 Å². The molecule has 3 rings (SSSR count). The third kappa shape index (κ3) is 6.76. The van der Waals surface area contributed by atoms with Crippen LogP contribution in [0.3, 0.4) is 0 Å². The molecule has 10 heteroatoms. The van der Waals surface area contributed by atoms with Gasteiger partial charge in [0.1, 0.15) is 5.82 Å². The molecule has 0 saturated carbocycles. The van der Waals surface area contributed by atoms with E-state index in [1.54, 1.807) is 12.1 Å². The van der Waals surface area contributed by atoms with E-state index in [0.29, 0.717) is 32.7 Å². The van der Waals surface area contributed by atoms with Crippen molar-refractivity contribution < 1.29 is 27.2 Å². The molecule has 6 nitrogen and oxygen atoms in total. The Kier molecular flexibility index (Phi) is 7.81. The molecule has 0 aliphatic carbocycles. The van der Waals surface area contributed by atoms with E-state index in [0.717, 1.165) is 6.07 Å². The summed E-state index contributed by atoms with van der Waals surface area (Å²) >= 11 is 0. The molecule has 0 atom stereocenters. The lowest BCUT2D eigenvalue weighted by Crippen LogP contribution is -2.49. The average molecular weight is 452 g/mol. The third-order valence-corrected chi connectivity index (χ3v) is 5.14. The largest absolute Gasteiger partial charge is 0.418 e. The van der Waals surface area contributed by atoms with E-state index < -0.39 is 23.5 Å². The summed E-state index contributed by atoms with van der Waals surface area (Å²) in [4.78, 5) is 28.2. The van der Waals surface area contributed by atoms with E-state index in [1.165, 1.54) is 30.3 Å². The van der Waals surface area contributed by atoms with E-state index in [4.69, 9.17) is 0 Å². The SMILES string of the molecule is O=C(CCN1CCN(CC(=O)Nc2ccccc2C(F)(F)F)CC1)Nc1ccccc1F. The maximum absolute atomic E-state index is 13.6. The number of piperazine rings is 1. The lowest BCUT2D eigenvalue weighted by atomic mass is 10.1. The van der Waals surface area contributed by atoms with Crippen LogP contribution in [0.4, 0.5) is 28.9 Å². The van der Waals surface area contributed by atoms with Gasteiger partial charge in [0.2, 0.25) is 11.8 Å². The molecule has 2 N–H and O–H groups in total. The van der Waals surface area contributed by atoms with Crippen LogP contribution in [-0.2, 0) is 15.8 Å². The van der Waals surface area contributed by atoms with Gasteiger partial charge in [0.15, 0.2) is 0 Å². The smallest absolute Gasteiger partial charge is 0.324 e. The van der Waals surface area contributed by atoms with Gasteiger partial charge in [0, 0.05) is 39.1 Å². The number of amides is 2. The van der Waals surface area contributed by atoms with Gasteiger partial charge >= 0.3 is 6.18 Å². The molecule has 2 aromatic rings. The van der Waals surface area contributed by atoms with Gasteiger partial charge in [0.05, 0.1) is 23.5 Å². The van der Waals surface area contributed by atoms with Crippen LogP contribution in [0.25, 0.3) is 0 Å². The molecule has 1 fully saturated rings. The summed E-state index contributed by atoms with van der Waals surface area (Å²) in [7, 11) is 0. The summed E-state index contributed by atoms with van der Waals surface area (Å²) in [5.41, 5.74) is -1.00. The highest BCUT2D eigenvalue weighted by Gasteiger charge is 2.33. The van der Waals surface area contributed by atoms with Crippen molar-refractivity contribution in [2.24, 2.45) is 0 Å². The standard InChI is InChI=1S/C22H24F4N4O2/c23-17-6-2-4-8-19(17)28-20(31)9-10-29-11-13-30(14-12-29)15-21(32)27-18-7-3-1-5-16(18)22(24,25)26/h1-8H,9-15H2,(H,27,32)(H,28,31). The number of carbonyl (C=O) groups is 2. The summed E-state index contributed by atoms with van der Waals surface area (Å²) in [5, 5.41) is 4.88. The Morgan fingerprint density at radius 3 is 2.03 bits per heavy atom. The fourth-order valence-corrected chi connectivity index (χ4v) is 3.44. The van der Waals surface area contributed by atoms with Crippen molar-refractivity contribution in [1.82, 2.24) is 9.80 Å².